The number of benzene rings is 1. The summed E-state index contributed by atoms with van der Waals surface area (Å²) in [6, 6.07) is 7.92. The number of aryl methyl sites for hydroxylation is 1. The van der Waals surface area contributed by atoms with E-state index in [1.54, 1.807) is 16.7 Å². The Hall–Kier alpha value is -2.94. The maximum atomic E-state index is 13.5. The van der Waals surface area contributed by atoms with Gasteiger partial charge in [0.15, 0.2) is 5.16 Å². The van der Waals surface area contributed by atoms with Crippen molar-refractivity contribution in [2.45, 2.75) is 45.4 Å². The molecule has 0 saturated heterocycles. The van der Waals surface area contributed by atoms with Crippen LogP contribution in [0.15, 0.2) is 44.8 Å². The largest absolute Gasteiger partial charge is 0.337 e. The summed E-state index contributed by atoms with van der Waals surface area (Å²) in [6.45, 7) is 7.03. The summed E-state index contributed by atoms with van der Waals surface area (Å²) >= 11 is 1.47. The van der Waals surface area contributed by atoms with Crippen LogP contribution in [0.25, 0.3) is 22.4 Å². The maximum Gasteiger partial charge on any atom is 0.278 e. The number of thioether (sulfide) groups is 1. The van der Waals surface area contributed by atoms with E-state index in [9.17, 15) is 9.18 Å². The zero-order valence-electron chi connectivity index (χ0n) is 17.9. The summed E-state index contributed by atoms with van der Waals surface area (Å²) in [5.74, 6) is 0.752. The van der Waals surface area contributed by atoms with Crippen molar-refractivity contribution in [2.75, 3.05) is 6.26 Å². The highest BCUT2D eigenvalue weighted by atomic mass is 32.2. The minimum Gasteiger partial charge on any atom is -0.337 e. The van der Waals surface area contributed by atoms with Gasteiger partial charge in [-0.05, 0) is 43.7 Å². The number of aromatic nitrogens is 5. The van der Waals surface area contributed by atoms with E-state index < -0.39 is 0 Å². The molecule has 31 heavy (non-hydrogen) atoms. The standard InChI is InChI=1S/C22H24FN5O2S/c1-13(2)8-9-27-21(29)19-17(24-22(27)31-4)10-14(3)28(19)12-18-25-20(26-30-18)15-6-5-7-16(23)11-15/h5-7,10-11,13H,8-9,12H2,1-4H3. The number of nitrogens with zero attached hydrogens (tertiary/aromatic N) is 5. The lowest BCUT2D eigenvalue weighted by atomic mass is 10.1. The molecule has 4 rings (SSSR count). The highest BCUT2D eigenvalue weighted by molar-refractivity contribution is 7.98. The first kappa shape index (κ1) is 21.3. The quantitative estimate of drug-likeness (QED) is 0.310. The van der Waals surface area contributed by atoms with E-state index in [1.165, 1.54) is 23.9 Å². The molecule has 0 aliphatic carbocycles. The Kier molecular flexibility index (Phi) is 5.95. The molecule has 0 atom stereocenters. The predicted octanol–water partition coefficient (Wildman–Crippen LogP) is 4.51. The zero-order valence-corrected chi connectivity index (χ0v) is 18.7. The average Bonchev–Trinajstić information content (AvgIpc) is 3.32. The zero-order chi connectivity index (χ0) is 22.1. The molecule has 0 radical (unpaired) electrons. The highest BCUT2D eigenvalue weighted by Gasteiger charge is 2.19. The van der Waals surface area contributed by atoms with Gasteiger partial charge in [-0.25, -0.2) is 9.37 Å². The van der Waals surface area contributed by atoms with Gasteiger partial charge in [0.25, 0.3) is 5.56 Å². The van der Waals surface area contributed by atoms with Crippen LogP contribution < -0.4 is 5.56 Å². The van der Waals surface area contributed by atoms with Gasteiger partial charge in [0.05, 0.1) is 5.52 Å². The first-order valence-electron chi connectivity index (χ1n) is 10.1. The molecule has 3 aromatic heterocycles. The molecule has 0 fully saturated rings. The molecule has 0 aliphatic heterocycles. The van der Waals surface area contributed by atoms with Crippen molar-refractivity contribution in [3.8, 4) is 11.4 Å². The lowest BCUT2D eigenvalue weighted by Gasteiger charge is -2.13. The molecule has 4 aromatic rings. The van der Waals surface area contributed by atoms with Crippen LogP contribution in [-0.2, 0) is 13.1 Å². The molecule has 3 heterocycles. The summed E-state index contributed by atoms with van der Waals surface area (Å²) in [4.78, 5) is 22.5. The average molecular weight is 442 g/mol. The molecule has 1 aromatic carbocycles. The molecule has 0 unspecified atom stereocenters. The Morgan fingerprint density at radius 3 is 2.71 bits per heavy atom. The molecule has 0 saturated carbocycles. The smallest absolute Gasteiger partial charge is 0.278 e. The van der Waals surface area contributed by atoms with Gasteiger partial charge in [-0.1, -0.05) is 42.9 Å². The Morgan fingerprint density at radius 2 is 2.00 bits per heavy atom. The van der Waals surface area contributed by atoms with Gasteiger partial charge < -0.3 is 9.09 Å². The normalized spacial score (nSPS) is 11.7. The van der Waals surface area contributed by atoms with Gasteiger partial charge >= 0.3 is 0 Å². The molecule has 162 valence electrons. The SMILES string of the molecule is CSc1nc2cc(C)n(Cc3nc(-c4cccc(F)c4)no3)c2c(=O)n1CCC(C)C. The topological polar surface area (TPSA) is 78.7 Å². The van der Waals surface area contributed by atoms with Crippen molar-refractivity contribution in [3.63, 3.8) is 0 Å². The summed E-state index contributed by atoms with van der Waals surface area (Å²) in [5.41, 5.74) is 2.50. The van der Waals surface area contributed by atoms with Gasteiger partial charge in [0.1, 0.15) is 17.9 Å². The van der Waals surface area contributed by atoms with E-state index in [4.69, 9.17) is 9.51 Å². The Labute approximate surface area is 183 Å². The second-order valence-corrected chi connectivity index (χ2v) is 8.64. The number of halogens is 1. The molecular formula is C22H24FN5O2S. The second-order valence-electron chi connectivity index (χ2n) is 7.87. The van der Waals surface area contributed by atoms with E-state index >= 15 is 0 Å². The summed E-state index contributed by atoms with van der Waals surface area (Å²) in [7, 11) is 0. The highest BCUT2D eigenvalue weighted by Crippen LogP contribution is 2.22. The van der Waals surface area contributed by atoms with Crippen LogP contribution in [0.2, 0.25) is 0 Å². The first-order chi connectivity index (χ1) is 14.9. The molecular weight excluding hydrogens is 417 g/mol. The third-order valence-corrected chi connectivity index (χ3v) is 5.81. The molecule has 9 heteroatoms. The Balaban J connectivity index is 1.73. The van der Waals surface area contributed by atoms with E-state index in [0.717, 1.165) is 12.1 Å². The van der Waals surface area contributed by atoms with Gasteiger partial charge in [-0.15, -0.1) is 0 Å². The Bertz CT molecular complexity index is 1290. The van der Waals surface area contributed by atoms with E-state index in [0.29, 0.717) is 45.9 Å². The number of rotatable bonds is 7. The summed E-state index contributed by atoms with van der Waals surface area (Å²) in [5, 5.41) is 4.68. The van der Waals surface area contributed by atoms with Crippen molar-refractivity contribution in [2.24, 2.45) is 5.92 Å². The second kappa shape index (κ2) is 8.66. The third kappa shape index (κ3) is 4.27. The minimum absolute atomic E-state index is 0.0760. The molecule has 0 bridgehead atoms. The van der Waals surface area contributed by atoms with Crippen molar-refractivity contribution < 1.29 is 8.91 Å². The van der Waals surface area contributed by atoms with Crippen LogP contribution in [0.4, 0.5) is 4.39 Å². The van der Waals surface area contributed by atoms with E-state index in [1.807, 2.05) is 23.8 Å². The first-order valence-corrected chi connectivity index (χ1v) is 11.3. The van der Waals surface area contributed by atoms with Crippen LogP contribution in [0.5, 0.6) is 0 Å². The molecule has 0 spiro atoms. The van der Waals surface area contributed by atoms with Gasteiger partial charge in [-0.3, -0.25) is 9.36 Å². The maximum absolute atomic E-state index is 13.5. The fourth-order valence-electron chi connectivity index (χ4n) is 3.49. The van der Waals surface area contributed by atoms with Crippen molar-refractivity contribution in [1.82, 2.24) is 24.3 Å². The van der Waals surface area contributed by atoms with Crippen LogP contribution in [0, 0.1) is 18.7 Å². The van der Waals surface area contributed by atoms with Crippen LogP contribution in [0.1, 0.15) is 31.9 Å². The molecule has 7 nitrogen and oxygen atoms in total. The number of hydrogen-bond acceptors (Lipinski definition) is 6. The minimum atomic E-state index is -0.367. The fraction of sp³-hybridized carbons (Fsp3) is 0.364. The van der Waals surface area contributed by atoms with Crippen molar-refractivity contribution in [1.29, 1.82) is 0 Å². The van der Waals surface area contributed by atoms with Crippen LogP contribution >= 0.6 is 11.8 Å². The van der Waals surface area contributed by atoms with Gasteiger partial charge in [-0.2, -0.15) is 4.98 Å². The third-order valence-electron chi connectivity index (χ3n) is 5.14. The van der Waals surface area contributed by atoms with Crippen molar-refractivity contribution in [3.05, 3.63) is 58.1 Å². The summed E-state index contributed by atoms with van der Waals surface area (Å²) < 4.78 is 22.5. The monoisotopic (exact) mass is 441 g/mol. The molecule has 0 amide bonds. The lowest BCUT2D eigenvalue weighted by molar-refractivity contribution is 0.372. The van der Waals surface area contributed by atoms with E-state index in [-0.39, 0.29) is 17.9 Å². The van der Waals surface area contributed by atoms with Gasteiger partial charge in [0.2, 0.25) is 11.7 Å². The van der Waals surface area contributed by atoms with E-state index in [2.05, 4.69) is 24.0 Å². The number of hydrogen-bond donors (Lipinski definition) is 0. The predicted molar refractivity (Wildman–Crippen MR) is 119 cm³/mol. The Morgan fingerprint density at radius 1 is 1.19 bits per heavy atom. The van der Waals surface area contributed by atoms with Crippen molar-refractivity contribution >= 4 is 22.8 Å². The summed E-state index contributed by atoms with van der Waals surface area (Å²) in [6.07, 6.45) is 2.82. The number of fused-ring (bicyclic) bond motifs is 1. The van der Waals surface area contributed by atoms with Crippen LogP contribution in [0.3, 0.4) is 0 Å². The molecule has 0 aliphatic rings. The van der Waals surface area contributed by atoms with Crippen LogP contribution in [-0.4, -0.2) is 30.5 Å². The lowest BCUT2D eigenvalue weighted by Crippen LogP contribution is -2.26. The fourth-order valence-corrected chi connectivity index (χ4v) is 4.07. The van der Waals surface area contributed by atoms with Gasteiger partial charge in [0, 0.05) is 17.8 Å². The molecule has 0 N–H and O–H groups in total.